The van der Waals surface area contributed by atoms with Crippen molar-refractivity contribution in [3.63, 3.8) is 0 Å². The number of rotatable bonds is 3. The summed E-state index contributed by atoms with van der Waals surface area (Å²) in [6, 6.07) is 4.15. The first-order valence-corrected chi connectivity index (χ1v) is 6.91. The van der Waals surface area contributed by atoms with Crippen molar-refractivity contribution >= 4 is 17.6 Å². The third-order valence-corrected chi connectivity index (χ3v) is 4.04. The van der Waals surface area contributed by atoms with Crippen LogP contribution in [-0.2, 0) is 12.0 Å². The minimum absolute atomic E-state index is 0.110. The number of carbonyl (C=O) groups excluding carboxylic acids is 1. The van der Waals surface area contributed by atoms with Gasteiger partial charge in [0.1, 0.15) is 5.69 Å². The van der Waals surface area contributed by atoms with E-state index in [-0.39, 0.29) is 5.54 Å². The molecular weight excluding hydrogens is 244 g/mol. The van der Waals surface area contributed by atoms with Crippen LogP contribution in [0.25, 0.3) is 10.6 Å². The van der Waals surface area contributed by atoms with E-state index in [9.17, 15) is 4.79 Å². The van der Waals surface area contributed by atoms with E-state index in [2.05, 4.69) is 38.9 Å². The van der Waals surface area contributed by atoms with Gasteiger partial charge in [0.05, 0.1) is 16.0 Å². The van der Waals surface area contributed by atoms with Crippen LogP contribution < -0.4 is 0 Å². The molecule has 0 atom stereocenters. The van der Waals surface area contributed by atoms with Crippen molar-refractivity contribution in [2.75, 3.05) is 0 Å². The normalized spacial score (nSPS) is 11.8. The zero-order valence-electron chi connectivity index (χ0n) is 11.2. The Balaban J connectivity index is 2.49. The molecule has 2 heterocycles. The first-order valence-electron chi connectivity index (χ1n) is 6.10. The quantitative estimate of drug-likeness (QED) is 0.790. The molecule has 96 valence electrons. The van der Waals surface area contributed by atoms with Crippen LogP contribution in [0.5, 0.6) is 0 Å². The summed E-state index contributed by atoms with van der Waals surface area (Å²) in [4.78, 5) is 13.5. The largest absolute Gasteiger partial charge is 0.298 e. The van der Waals surface area contributed by atoms with Crippen LogP contribution in [0.2, 0.25) is 0 Å². The zero-order valence-corrected chi connectivity index (χ0v) is 12.0. The second-order valence-electron chi connectivity index (χ2n) is 5.29. The molecule has 18 heavy (non-hydrogen) atoms. The van der Waals surface area contributed by atoms with Crippen molar-refractivity contribution in [2.45, 2.75) is 39.7 Å². The van der Waals surface area contributed by atoms with Gasteiger partial charge in [0.25, 0.3) is 0 Å². The van der Waals surface area contributed by atoms with Crippen LogP contribution >= 0.6 is 11.3 Å². The van der Waals surface area contributed by atoms with Gasteiger partial charge in [-0.05, 0) is 39.3 Å². The Bertz CT molecular complexity index is 561. The van der Waals surface area contributed by atoms with Gasteiger partial charge in [-0.1, -0.05) is 6.92 Å². The van der Waals surface area contributed by atoms with Gasteiger partial charge in [0, 0.05) is 11.1 Å². The summed E-state index contributed by atoms with van der Waals surface area (Å²) in [6.45, 7) is 8.35. The molecule has 3 nitrogen and oxygen atoms in total. The Morgan fingerprint density at radius 3 is 2.61 bits per heavy atom. The average molecular weight is 262 g/mol. The van der Waals surface area contributed by atoms with Crippen molar-refractivity contribution in [2.24, 2.45) is 0 Å². The van der Waals surface area contributed by atoms with E-state index >= 15 is 0 Å². The summed E-state index contributed by atoms with van der Waals surface area (Å²) in [5, 5.41) is 4.57. The van der Waals surface area contributed by atoms with Gasteiger partial charge in [-0.25, -0.2) is 0 Å². The zero-order chi connectivity index (χ0) is 13.3. The molecule has 0 radical (unpaired) electrons. The van der Waals surface area contributed by atoms with Crippen LogP contribution in [0.1, 0.15) is 42.9 Å². The van der Waals surface area contributed by atoms with Crippen molar-refractivity contribution < 1.29 is 4.79 Å². The van der Waals surface area contributed by atoms with Crippen LogP contribution in [0.4, 0.5) is 0 Å². The summed E-state index contributed by atoms with van der Waals surface area (Å²) in [6.07, 6.45) is 3.73. The first kappa shape index (κ1) is 13.0. The number of hydrogen-bond acceptors (Lipinski definition) is 3. The standard InChI is InChI=1S/C14H18N2OS/c1-5-11-6-7-12(18-11)13-10(9-17)8-16(15-13)14(2,3)4/h6-9H,5H2,1-4H3. The lowest BCUT2D eigenvalue weighted by Gasteiger charge is -2.18. The summed E-state index contributed by atoms with van der Waals surface area (Å²) in [7, 11) is 0. The second kappa shape index (κ2) is 4.69. The van der Waals surface area contributed by atoms with Crippen LogP contribution in [-0.4, -0.2) is 16.1 Å². The molecule has 0 aromatic carbocycles. The number of aldehydes is 1. The molecule has 0 aliphatic heterocycles. The molecule has 0 aliphatic carbocycles. The Morgan fingerprint density at radius 1 is 1.39 bits per heavy atom. The Labute approximate surface area is 111 Å². The molecule has 0 saturated heterocycles. The highest BCUT2D eigenvalue weighted by Crippen LogP contribution is 2.30. The fourth-order valence-electron chi connectivity index (χ4n) is 1.70. The van der Waals surface area contributed by atoms with E-state index in [0.29, 0.717) is 5.56 Å². The highest BCUT2D eigenvalue weighted by molar-refractivity contribution is 7.15. The van der Waals surface area contributed by atoms with Gasteiger partial charge in [-0.2, -0.15) is 5.10 Å². The van der Waals surface area contributed by atoms with Gasteiger partial charge in [0.2, 0.25) is 0 Å². The third kappa shape index (κ3) is 2.38. The Morgan fingerprint density at radius 2 is 2.11 bits per heavy atom. The lowest BCUT2D eigenvalue weighted by Crippen LogP contribution is -2.22. The molecule has 0 unspecified atom stereocenters. The topological polar surface area (TPSA) is 34.9 Å². The summed E-state index contributed by atoms with van der Waals surface area (Å²) < 4.78 is 1.86. The molecular formula is C14H18N2OS. The summed E-state index contributed by atoms with van der Waals surface area (Å²) >= 11 is 1.70. The van der Waals surface area contributed by atoms with Crippen LogP contribution in [0.3, 0.4) is 0 Å². The molecule has 0 spiro atoms. The van der Waals surface area contributed by atoms with Crippen molar-refractivity contribution in [3.8, 4) is 10.6 Å². The number of aromatic nitrogens is 2. The van der Waals surface area contributed by atoms with E-state index in [1.165, 1.54) is 4.88 Å². The van der Waals surface area contributed by atoms with Gasteiger partial charge in [0.15, 0.2) is 6.29 Å². The summed E-state index contributed by atoms with van der Waals surface area (Å²) in [5.41, 5.74) is 1.35. The SMILES string of the molecule is CCc1ccc(-c2nn(C(C)(C)C)cc2C=O)s1. The van der Waals surface area contributed by atoms with Gasteiger partial charge < -0.3 is 0 Å². The highest BCUT2D eigenvalue weighted by atomic mass is 32.1. The van der Waals surface area contributed by atoms with E-state index in [1.807, 2.05) is 16.9 Å². The minimum Gasteiger partial charge on any atom is -0.298 e. The molecule has 0 bridgehead atoms. The monoisotopic (exact) mass is 262 g/mol. The molecule has 0 N–H and O–H groups in total. The predicted molar refractivity (Wildman–Crippen MR) is 75.3 cm³/mol. The average Bonchev–Trinajstić information content (AvgIpc) is 2.93. The van der Waals surface area contributed by atoms with Gasteiger partial charge >= 0.3 is 0 Å². The smallest absolute Gasteiger partial charge is 0.153 e. The number of thiophene rings is 1. The molecule has 2 rings (SSSR count). The molecule has 0 fully saturated rings. The van der Waals surface area contributed by atoms with E-state index in [0.717, 1.165) is 23.3 Å². The molecule has 2 aromatic rings. The molecule has 0 amide bonds. The molecule has 0 saturated carbocycles. The number of aryl methyl sites for hydroxylation is 1. The van der Waals surface area contributed by atoms with Gasteiger partial charge in [-0.3, -0.25) is 9.48 Å². The lowest BCUT2D eigenvalue weighted by molar-refractivity contribution is 0.112. The third-order valence-electron chi connectivity index (χ3n) is 2.80. The molecule has 4 heteroatoms. The predicted octanol–water partition coefficient (Wildman–Crippen LogP) is 3.74. The minimum atomic E-state index is -0.110. The van der Waals surface area contributed by atoms with Crippen molar-refractivity contribution in [3.05, 3.63) is 28.8 Å². The maximum absolute atomic E-state index is 11.2. The highest BCUT2D eigenvalue weighted by Gasteiger charge is 2.19. The molecule has 0 aliphatic rings. The van der Waals surface area contributed by atoms with Crippen molar-refractivity contribution in [1.82, 2.24) is 9.78 Å². The second-order valence-corrected chi connectivity index (χ2v) is 6.45. The number of carbonyl (C=O) groups is 1. The van der Waals surface area contributed by atoms with E-state index < -0.39 is 0 Å². The Kier molecular flexibility index (Phi) is 3.39. The fraction of sp³-hybridized carbons (Fsp3) is 0.429. The maximum Gasteiger partial charge on any atom is 0.153 e. The number of nitrogens with zero attached hydrogens (tertiary/aromatic N) is 2. The molecule has 2 aromatic heterocycles. The van der Waals surface area contributed by atoms with Crippen LogP contribution in [0, 0.1) is 0 Å². The van der Waals surface area contributed by atoms with E-state index in [4.69, 9.17) is 0 Å². The lowest BCUT2D eigenvalue weighted by atomic mass is 10.1. The van der Waals surface area contributed by atoms with E-state index in [1.54, 1.807) is 11.3 Å². The maximum atomic E-state index is 11.2. The fourth-order valence-corrected chi connectivity index (χ4v) is 2.66. The first-order chi connectivity index (χ1) is 8.45. The Hall–Kier alpha value is -1.42. The summed E-state index contributed by atoms with van der Waals surface area (Å²) in [5.74, 6) is 0. The van der Waals surface area contributed by atoms with Gasteiger partial charge in [-0.15, -0.1) is 11.3 Å². The van der Waals surface area contributed by atoms with Crippen LogP contribution in [0.15, 0.2) is 18.3 Å². The number of hydrogen-bond donors (Lipinski definition) is 0. The van der Waals surface area contributed by atoms with Crippen molar-refractivity contribution in [1.29, 1.82) is 0 Å².